The van der Waals surface area contributed by atoms with Gasteiger partial charge in [0.1, 0.15) is 0 Å². The van der Waals surface area contributed by atoms with Gasteiger partial charge in [-0.1, -0.05) is 25.1 Å². The number of fused-ring (bicyclic) bond motifs is 1. The van der Waals surface area contributed by atoms with Crippen LogP contribution in [-0.4, -0.2) is 76.8 Å². The molecule has 7 heteroatoms. The first-order chi connectivity index (χ1) is 13.1. The van der Waals surface area contributed by atoms with E-state index in [1.165, 1.54) is 6.07 Å². The summed E-state index contributed by atoms with van der Waals surface area (Å²) in [7, 11) is 0. The van der Waals surface area contributed by atoms with Gasteiger partial charge >= 0.3 is 0 Å². The van der Waals surface area contributed by atoms with Gasteiger partial charge in [0.15, 0.2) is 0 Å². The second kappa shape index (κ2) is 8.65. The summed E-state index contributed by atoms with van der Waals surface area (Å²) in [5.74, 6) is -0.0443. The normalized spacial score (nSPS) is 19.9. The molecule has 1 aliphatic heterocycles. The number of carbonyl (C=O) groups is 1. The molecule has 3 rings (SSSR count). The minimum Gasteiger partial charge on any atom is -0.396 e. The van der Waals surface area contributed by atoms with Gasteiger partial charge in [0.2, 0.25) is 5.56 Å². The molecule has 1 aromatic heterocycles. The van der Waals surface area contributed by atoms with Crippen LogP contribution in [0.4, 0.5) is 0 Å². The fraction of sp³-hybridized carbons (Fsp3) is 0.500. The number of hydrogen-bond donors (Lipinski definition) is 3. The quantitative estimate of drug-likeness (QED) is 0.658. The van der Waals surface area contributed by atoms with E-state index in [4.69, 9.17) is 0 Å². The first-order valence-corrected chi connectivity index (χ1v) is 9.42. The van der Waals surface area contributed by atoms with Gasteiger partial charge in [-0.15, -0.1) is 0 Å². The van der Waals surface area contributed by atoms with Gasteiger partial charge in [-0.3, -0.25) is 9.59 Å². The minimum atomic E-state index is -0.299. The number of aromatic amines is 1. The van der Waals surface area contributed by atoms with Gasteiger partial charge in [-0.25, -0.2) is 0 Å². The Labute approximate surface area is 158 Å². The summed E-state index contributed by atoms with van der Waals surface area (Å²) in [6.45, 7) is 5.25. The maximum atomic E-state index is 13.1. The number of para-hydroxylation sites is 1. The largest absolute Gasteiger partial charge is 0.396 e. The highest BCUT2D eigenvalue weighted by Crippen LogP contribution is 2.27. The fourth-order valence-electron chi connectivity index (χ4n) is 3.92. The number of carbonyl (C=O) groups excluding carboxylic acids is 1. The van der Waals surface area contributed by atoms with Crippen molar-refractivity contribution < 1.29 is 15.0 Å². The third kappa shape index (κ3) is 4.21. The number of benzene rings is 1. The van der Waals surface area contributed by atoms with E-state index in [9.17, 15) is 19.8 Å². The first-order valence-electron chi connectivity index (χ1n) is 9.42. The van der Waals surface area contributed by atoms with Crippen LogP contribution in [0.3, 0.4) is 0 Å². The second-order valence-electron chi connectivity index (χ2n) is 7.12. The number of aliphatic hydroxyl groups excluding tert-OH is 2. The number of likely N-dealkylation sites (tertiary alicyclic amines) is 1. The molecule has 1 saturated heterocycles. The molecule has 7 nitrogen and oxygen atoms in total. The number of H-pyrrole nitrogens is 1. The van der Waals surface area contributed by atoms with Gasteiger partial charge < -0.3 is 25.0 Å². The molecule has 0 aliphatic carbocycles. The van der Waals surface area contributed by atoms with Gasteiger partial charge in [-0.05, 0) is 18.5 Å². The van der Waals surface area contributed by atoms with Gasteiger partial charge in [0.25, 0.3) is 5.91 Å². The van der Waals surface area contributed by atoms with Crippen molar-refractivity contribution in [3.63, 3.8) is 0 Å². The molecule has 0 unspecified atom stereocenters. The summed E-state index contributed by atoms with van der Waals surface area (Å²) in [4.78, 5) is 31.7. The number of aromatic nitrogens is 1. The second-order valence-corrected chi connectivity index (χ2v) is 7.12. The lowest BCUT2D eigenvalue weighted by atomic mass is 9.96. The molecule has 1 fully saturated rings. The Balaban J connectivity index is 1.83. The molecule has 2 atom stereocenters. The minimum absolute atomic E-state index is 0.00467. The standard InChI is InChI=1S/C20H27N3O4/c1-2-22(7-8-24)10-14-11-23(12-15(14)13-25)20(27)17-9-19(26)21-18-6-4-3-5-16(17)18/h3-6,9,14-15,24-25H,2,7-8,10-13H2,1H3,(H,21,26)/t14-,15-/m1/s1. The number of rotatable bonds is 7. The molecule has 0 spiro atoms. The maximum absolute atomic E-state index is 13.1. The monoisotopic (exact) mass is 373 g/mol. The molecule has 1 amide bonds. The zero-order valence-corrected chi connectivity index (χ0v) is 15.6. The van der Waals surface area contributed by atoms with Crippen molar-refractivity contribution in [1.82, 2.24) is 14.8 Å². The predicted molar refractivity (Wildman–Crippen MR) is 104 cm³/mol. The van der Waals surface area contributed by atoms with Crippen LogP contribution >= 0.6 is 0 Å². The van der Waals surface area contributed by atoms with Crippen molar-refractivity contribution in [3.05, 3.63) is 46.2 Å². The smallest absolute Gasteiger partial charge is 0.254 e. The third-order valence-electron chi connectivity index (χ3n) is 5.44. The van der Waals surface area contributed by atoms with Crippen LogP contribution in [0.25, 0.3) is 10.9 Å². The fourth-order valence-corrected chi connectivity index (χ4v) is 3.92. The highest BCUT2D eigenvalue weighted by molar-refractivity contribution is 6.06. The Hall–Kier alpha value is -2.22. The van der Waals surface area contributed by atoms with Crippen LogP contribution in [0.5, 0.6) is 0 Å². The van der Waals surface area contributed by atoms with E-state index in [1.54, 1.807) is 11.0 Å². The van der Waals surface area contributed by atoms with E-state index in [1.807, 2.05) is 25.1 Å². The molecule has 0 bridgehead atoms. The van der Waals surface area contributed by atoms with Crippen LogP contribution in [0.1, 0.15) is 17.3 Å². The van der Waals surface area contributed by atoms with E-state index in [-0.39, 0.29) is 36.5 Å². The zero-order chi connectivity index (χ0) is 19.4. The summed E-state index contributed by atoms with van der Waals surface area (Å²) < 4.78 is 0. The molecule has 0 radical (unpaired) electrons. The zero-order valence-electron chi connectivity index (χ0n) is 15.6. The van der Waals surface area contributed by atoms with E-state index in [2.05, 4.69) is 9.88 Å². The molecular weight excluding hydrogens is 346 g/mol. The van der Waals surface area contributed by atoms with Crippen LogP contribution in [0.15, 0.2) is 35.1 Å². The lowest BCUT2D eigenvalue weighted by molar-refractivity contribution is 0.0780. The lowest BCUT2D eigenvalue weighted by Gasteiger charge is -2.25. The molecule has 2 heterocycles. The summed E-state index contributed by atoms with van der Waals surface area (Å²) >= 11 is 0. The van der Waals surface area contributed by atoms with Crippen molar-refractivity contribution in [1.29, 1.82) is 0 Å². The average Bonchev–Trinajstić information content (AvgIpc) is 3.09. The molecule has 1 aliphatic rings. The van der Waals surface area contributed by atoms with E-state index >= 15 is 0 Å². The summed E-state index contributed by atoms with van der Waals surface area (Å²) in [6.07, 6.45) is 0. The van der Waals surface area contributed by atoms with Crippen LogP contribution in [-0.2, 0) is 0 Å². The van der Waals surface area contributed by atoms with Crippen LogP contribution in [0, 0.1) is 11.8 Å². The van der Waals surface area contributed by atoms with Crippen molar-refractivity contribution in [2.45, 2.75) is 6.92 Å². The number of pyridine rings is 1. The van der Waals surface area contributed by atoms with Crippen molar-refractivity contribution in [3.8, 4) is 0 Å². The number of amides is 1. The first kappa shape index (κ1) is 19.5. The average molecular weight is 373 g/mol. The number of nitrogens with zero attached hydrogens (tertiary/aromatic N) is 2. The Morgan fingerprint density at radius 3 is 2.70 bits per heavy atom. The number of nitrogens with one attached hydrogen (secondary N) is 1. The van der Waals surface area contributed by atoms with Gasteiger partial charge in [-0.2, -0.15) is 0 Å². The van der Waals surface area contributed by atoms with Crippen LogP contribution in [0.2, 0.25) is 0 Å². The van der Waals surface area contributed by atoms with E-state index in [0.29, 0.717) is 30.7 Å². The Bertz CT molecular complexity index is 850. The molecule has 1 aromatic carbocycles. The maximum Gasteiger partial charge on any atom is 0.254 e. The van der Waals surface area contributed by atoms with E-state index in [0.717, 1.165) is 18.5 Å². The highest BCUT2D eigenvalue weighted by atomic mass is 16.3. The summed E-state index contributed by atoms with van der Waals surface area (Å²) in [6, 6.07) is 8.63. The topological polar surface area (TPSA) is 96.9 Å². The molecule has 3 N–H and O–H groups in total. The van der Waals surface area contributed by atoms with Gasteiger partial charge in [0.05, 0.1) is 12.2 Å². The lowest BCUT2D eigenvalue weighted by Crippen LogP contribution is -2.36. The number of aliphatic hydroxyl groups is 2. The van der Waals surface area contributed by atoms with Crippen molar-refractivity contribution >= 4 is 16.8 Å². The van der Waals surface area contributed by atoms with Gasteiger partial charge in [0, 0.05) is 55.7 Å². The Morgan fingerprint density at radius 2 is 2.00 bits per heavy atom. The highest BCUT2D eigenvalue weighted by Gasteiger charge is 2.36. The summed E-state index contributed by atoms with van der Waals surface area (Å²) in [5.41, 5.74) is 0.740. The Kier molecular flexibility index (Phi) is 6.26. The molecule has 27 heavy (non-hydrogen) atoms. The number of hydrogen-bond acceptors (Lipinski definition) is 5. The van der Waals surface area contributed by atoms with Crippen molar-refractivity contribution in [2.24, 2.45) is 11.8 Å². The van der Waals surface area contributed by atoms with E-state index < -0.39 is 0 Å². The molecule has 0 saturated carbocycles. The molecule has 2 aromatic rings. The molecular formula is C20H27N3O4. The Morgan fingerprint density at radius 1 is 1.26 bits per heavy atom. The summed E-state index contributed by atoms with van der Waals surface area (Å²) in [5, 5.41) is 19.7. The van der Waals surface area contributed by atoms with Crippen LogP contribution < -0.4 is 5.56 Å². The third-order valence-corrected chi connectivity index (χ3v) is 5.44. The van der Waals surface area contributed by atoms with Crippen molar-refractivity contribution in [2.75, 3.05) is 45.9 Å². The molecule has 146 valence electrons. The predicted octanol–water partition coefficient (Wildman–Crippen LogP) is 0.523. The SMILES string of the molecule is CCN(CCO)C[C@@H]1CN(C(=O)c2cc(=O)[nH]c3ccccc23)C[C@@H]1CO. The number of likely N-dealkylation sites (N-methyl/N-ethyl adjacent to an activating group) is 1.